The summed E-state index contributed by atoms with van der Waals surface area (Å²) in [5, 5.41) is 0. The van der Waals surface area contributed by atoms with Gasteiger partial charge in [-0.05, 0) is 37.0 Å². The van der Waals surface area contributed by atoms with Crippen molar-refractivity contribution >= 4 is 15.8 Å². The zero-order valence-electron chi connectivity index (χ0n) is 9.57. The van der Waals surface area contributed by atoms with Crippen molar-refractivity contribution in [1.82, 2.24) is 0 Å². The predicted octanol–water partition coefficient (Wildman–Crippen LogP) is 1.15. The summed E-state index contributed by atoms with van der Waals surface area (Å²) >= 11 is 0. The van der Waals surface area contributed by atoms with Crippen LogP contribution in [0, 0.1) is 11.3 Å². The van der Waals surface area contributed by atoms with Crippen LogP contribution in [0.5, 0.6) is 0 Å². The summed E-state index contributed by atoms with van der Waals surface area (Å²) < 4.78 is 27.7. The summed E-state index contributed by atoms with van der Waals surface area (Å²) in [6.07, 6.45) is 3.98. The first kappa shape index (κ1) is 11.9. The summed E-state index contributed by atoms with van der Waals surface area (Å²) in [4.78, 5) is 11.0. The Bertz CT molecular complexity index is 387. The van der Waals surface area contributed by atoms with Crippen LogP contribution in [-0.2, 0) is 19.4 Å². The molecule has 2 unspecified atom stereocenters. The van der Waals surface area contributed by atoms with E-state index in [0.717, 1.165) is 25.7 Å². The standard InChI is InChI=1S/C11H18O4S/c1-15-10(12)4-3-9-7-11(9)5-2-6-16(13,14)8-11/h9H,2-8H2,1H3. The minimum Gasteiger partial charge on any atom is -0.469 e. The van der Waals surface area contributed by atoms with Gasteiger partial charge in [0.1, 0.15) is 0 Å². The van der Waals surface area contributed by atoms with E-state index < -0.39 is 9.84 Å². The van der Waals surface area contributed by atoms with Gasteiger partial charge in [-0.3, -0.25) is 4.79 Å². The fourth-order valence-electron chi connectivity index (χ4n) is 2.94. The van der Waals surface area contributed by atoms with E-state index in [0.29, 0.717) is 23.8 Å². The number of ether oxygens (including phenoxy) is 1. The minimum absolute atomic E-state index is 0.0190. The Hall–Kier alpha value is -0.580. The van der Waals surface area contributed by atoms with E-state index in [1.807, 2.05) is 0 Å². The Morgan fingerprint density at radius 1 is 1.50 bits per heavy atom. The molecule has 92 valence electrons. The van der Waals surface area contributed by atoms with Crippen LogP contribution >= 0.6 is 0 Å². The molecule has 0 bridgehead atoms. The van der Waals surface area contributed by atoms with E-state index in [1.165, 1.54) is 7.11 Å². The molecular formula is C11H18O4S. The number of carbonyl (C=O) groups excluding carboxylic acids is 1. The van der Waals surface area contributed by atoms with E-state index in [9.17, 15) is 13.2 Å². The molecule has 0 N–H and O–H groups in total. The van der Waals surface area contributed by atoms with Gasteiger partial charge in [0.05, 0.1) is 18.6 Å². The normalized spacial score (nSPS) is 35.9. The molecule has 2 atom stereocenters. The van der Waals surface area contributed by atoms with Gasteiger partial charge in [0.15, 0.2) is 9.84 Å². The first-order valence-electron chi connectivity index (χ1n) is 5.75. The Morgan fingerprint density at radius 3 is 2.88 bits per heavy atom. The average molecular weight is 246 g/mol. The van der Waals surface area contributed by atoms with Crippen LogP contribution in [0.15, 0.2) is 0 Å². The molecule has 1 saturated heterocycles. The lowest BCUT2D eigenvalue weighted by Gasteiger charge is -2.22. The van der Waals surface area contributed by atoms with Gasteiger partial charge in [0, 0.05) is 6.42 Å². The monoisotopic (exact) mass is 246 g/mol. The average Bonchev–Trinajstić information content (AvgIpc) is 2.85. The number of rotatable bonds is 3. The molecule has 16 heavy (non-hydrogen) atoms. The number of carbonyl (C=O) groups is 1. The van der Waals surface area contributed by atoms with Crippen LogP contribution < -0.4 is 0 Å². The number of esters is 1. The zero-order valence-corrected chi connectivity index (χ0v) is 10.4. The molecule has 1 spiro atoms. The molecule has 0 radical (unpaired) electrons. The fourth-order valence-corrected chi connectivity index (χ4v) is 5.05. The van der Waals surface area contributed by atoms with E-state index in [4.69, 9.17) is 0 Å². The van der Waals surface area contributed by atoms with Crippen molar-refractivity contribution in [2.45, 2.75) is 32.1 Å². The zero-order chi connectivity index (χ0) is 11.8. The topological polar surface area (TPSA) is 60.4 Å². The molecule has 0 aromatic rings. The second-order valence-electron chi connectivity index (χ2n) is 5.07. The van der Waals surface area contributed by atoms with Crippen molar-refractivity contribution in [3.63, 3.8) is 0 Å². The molecule has 1 aliphatic carbocycles. The number of hydrogen-bond acceptors (Lipinski definition) is 4. The third-order valence-electron chi connectivity index (χ3n) is 3.92. The van der Waals surface area contributed by atoms with E-state index in [1.54, 1.807) is 0 Å². The molecule has 2 fully saturated rings. The van der Waals surface area contributed by atoms with Crippen molar-refractivity contribution in [3.05, 3.63) is 0 Å². The highest BCUT2D eigenvalue weighted by atomic mass is 32.2. The largest absolute Gasteiger partial charge is 0.469 e. The highest BCUT2D eigenvalue weighted by Crippen LogP contribution is 2.60. The van der Waals surface area contributed by atoms with Crippen molar-refractivity contribution in [2.24, 2.45) is 11.3 Å². The lowest BCUT2D eigenvalue weighted by molar-refractivity contribution is -0.140. The number of methoxy groups -OCH3 is 1. The van der Waals surface area contributed by atoms with E-state index >= 15 is 0 Å². The molecule has 4 nitrogen and oxygen atoms in total. The molecule has 2 rings (SSSR count). The quantitative estimate of drug-likeness (QED) is 0.701. The molecule has 1 saturated carbocycles. The summed E-state index contributed by atoms with van der Waals surface area (Å²) in [6.45, 7) is 0. The van der Waals surface area contributed by atoms with E-state index in [2.05, 4.69) is 4.74 Å². The van der Waals surface area contributed by atoms with Crippen molar-refractivity contribution in [1.29, 1.82) is 0 Å². The molecule has 0 amide bonds. The van der Waals surface area contributed by atoms with Gasteiger partial charge >= 0.3 is 5.97 Å². The molecular weight excluding hydrogens is 228 g/mol. The molecule has 0 aromatic heterocycles. The first-order chi connectivity index (χ1) is 7.47. The lowest BCUT2D eigenvalue weighted by Crippen LogP contribution is -2.27. The first-order valence-corrected chi connectivity index (χ1v) is 7.57. The van der Waals surface area contributed by atoms with Crippen molar-refractivity contribution in [3.8, 4) is 0 Å². The summed E-state index contributed by atoms with van der Waals surface area (Å²) in [6, 6.07) is 0. The highest BCUT2D eigenvalue weighted by Gasteiger charge is 2.56. The number of sulfone groups is 1. The Balaban J connectivity index is 1.87. The van der Waals surface area contributed by atoms with Gasteiger partial charge < -0.3 is 4.74 Å². The van der Waals surface area contributed by atoms with Gasteiger partial charge in [-0.2, -0.15) is 0 Å². The second-order valence-corrected chi connectivity index (χ2v) is 7.26. The van der Waals surface area contributed by atoms with Crippen molar-refractivity contribution < 1.29 is 17.9 Å². The summed E-state index contributed by atoms with van der Waals surface area (Å²) in [5.41, 5.74) is 0.0190. The van der Waals surface area contributed by atoms with Gasteiger partial charge in [-0.1, -0.05) is 0 Å². The molecule has 0 aromatic carbocycles. The molecule has 5 heteroatoms. The van der Waals surface area contributed by atoms with E-state index in [-0.39, 0.29) is 11.4 Å². The molecule has 1 heterocycles. The van der Waals surface area contributed by atoms with Gasteiger partial charge in [-0.25, -0.2) is 8.42 Å². The third-order valence-corrected chi connectivity index (χ3v) is 5.85. The van der Waals surface area contributed by atoms with Crippen LogP contribution in [-0.4, -0.2) is 33.0 Å². The predicted molar refractivity (Wildman–Crippen MR) is 59.7 cm³/mol. The van der Waals surface area contributed by atoms with Crippen LogP contribution in [0.3, 0.4) is 0 Å². The van der Waals surface area contributed by atoms with Crippen molar-refractivity contribution in [2.75, 3.05) is 18.6 Å². The molecule has 1 aliphatic heterocycles. The van der Waals surface area contributed by atoms with Crippen LogP contribution in [0.2, 0.25) is 0 Å². The minimum atomic E-state index is -2.82. The Kier molecular flexibility index (Phi) is 2.99. The smallest absolute Gasteiger partial charge is 0.305 e. The molecule has 2 aliphatic rings. The van der Waals surface area contributed by atoms with Gasteiger partial charge in [0.25, 0.3) is 0 Å². The van der Waals surface area contributed by atoms with Gasteiger partial charge in [-0.15, -0.1) is 0 Å². The second kappa shape index (κ2) is 4.02. The Morgan fingerprint density at radius 2 is 2.25 bits per heavy atom. The third kappa shape index (κ3) is 2.39. The fraction of sp³-hybridized carbons (Fsp3) is 0.909. The van der Waals surface area contributed by atoms with Gasteiger partial charge in [0.2, 0.25) is 0 Å². The summed E-state index contributed by atoms with van der Waals surface area (Å²) in [7, 11) is -1.44. The maximum absolute atomic E-state index is 11.6. The Labute approximate surface area is 96.3 Å². The SMILES string of the molecule is COC(=O)CCC1CC12CCCS(=O)(=O)C2. The van der Waals surface area contributed by atoms with Crippen LogP contribution in [0.25, 0.3) is 0 Å². The van der Waals surface area contributed by atoms with Crippen LogP contribution in [0.4, 0.5) is 0 Å². The number of hydrogen-bond donors (Lipinski definition) is 0. The maximum atomic E-state index is 11.6. The lowest BCUT2D eigenvalue weighted by atomic mass is 9.97. The highest BCUT2D eigenvalue weighted by molar-refractivity contribution is 7.91. The van der Waals surface area contributed by atoms with Crippen LogP contribution in [0.1, 0.15) is 32.1 Å². The maximum Gasteiger partial charge on any atom is 0.305 e. The summed E-state index contributed by atoms with van der Waals surface area (Å²) in [5.74, 6) is 0.909.